The van der Waals surface area contributed by atoms with Gasteiger partial charge >= 0.3 is 6.09 Å². The Bertz CT molecular complexity index is 389. The normalized spacial score (nSPS) is 17.8. The maximum Gasteiger partial charge on any atom is 0.410 e. The SMILES string of the molecule is CC(C)OCCOCCOCC1(F)CCN(C(=O)OC(C)(C)C)CC1. The van der Waals surface area contributed by atoms with Crippen LogP contribution in [0.1, 0.15) is 47.5 Å². The molecule has 0 aromatic heterocycles. The molecule has 0 atom stereocenters. The van der Waals surface area contributed by atoms with Gasteiger partial charge in [-0.2, -0.15) is 0 Å². The van der Waals surface area contributed by atoms with Crippen LogP contribution in [-0.4, -0.2) is 74.5 Å². The van der Waals surface area contributed by atoms with E-state index in [4.69, 9.17) is 18.9 Å². The third kappa shape index (κ3) is 9.97. The molecular weight excluding hydrogens is 329 g/mol. The largest absolute Gasteiger partial charge is 0.444 e. The fourth-order valence-corrected chi connectivity index (χ4v) is 2.38. The zero-order valence-electron chi connectivity index (χ0n) is 16.3. The average Bonchev–Trinajstić information content (AvgIpc) is 2.48. The van der Waals surface area contributed by atoms with Gasteiger partial charge in [0.25, 0.3) is 0 Å². The Labute approximate surface area is 150 Å². The van der Waals surface area contributed by atoms with Crippen LogP contribution in [0.4, 0.5) is 9.18 Å². The zero-order valence-corrected chi connectivity index (χ0v) is 16.3. The lowest BCUT2D eigenvalue weighted by atomic mass is 9.94. The third-order valence-corrected chi connectivity index (χ3v) is 3.72. The minimum Gasteiger partial charge on any atom is -0.444 e. The van der Waals surface area contributed by atoms with Crippen molar-refractivity contribution >= 4 is 6.09 Å². The van der Waals surface area contributed by atoms with Crippen molar-refractivity contribution in [2.45, 2.75) is 64.8 Å². The zero-order chi connectivity index (χ0) is 18.9. The molecule has 0 aromatic rings. The van der Waals surface area contributed by atoms with Gasteiger partial charge in [0.05, 0.1) is 39.1 Å². The van der Waals surface area contributed by atoms with Gasteiger partial charge in [0.2, 0.25) is 0 Å². The number of hydrogen-bond acceptors (Lipinski definition) is 5. The molecule has 1 rings (SSSR count). The van der Waals surface area contributed by atoms with Crippen LogP contribution in [0.2, 0.25) is 0 Å². The Morgan fingerprint density at radius 3 is 2.20 bits per heavy atom. The summed E-state index contributed by atoms with van der Waals surface area (Å²) in [7, 11) is 0. The van der Waals surface area contributed by atoms with Crippen molar-refractivity contribution in [2.75, 3.05) is 46.1 Å². The van der Waals surface area contributed by atoms with E-state index < -0.39 is 11.3 Å². The van der Waals surface area contributed by atoms with Crippen molar-refractivity contribution in [2.24, 2.45) is 0 Å². The number of ether oxygens (including phenoxy) is 4. The van der Waals surface area contributed by atoms with Gasteiger partial charge in [-0.25, -0.2) is 9.18 Å². The molecule has 0 unspecified atom stereocenters. The van der Waals surface area contributed by atoms with E-state index >= 15 is 0 Å². The summed E-state index contributed by atoms with van der Waals surface area (Å²) in [6, 6.07) is 0. The van der Waals surface area contributed by atoms with E-state index in [0.29, 0.717) is 39.5 Å². The fraction of sp³-hybridized carbons (Fsp3) is 0.944. The number of hydrogen-bond donors (Lipinski definition) is 0. The van der Waals surface area contributed by atoms with Crippen molar-refractivity contribution in [1.29, 1.82) is 0 Å². The van der Waals surface area contributed by atoms with E-state index in [0.717, 1.165) is 0 Å². The van der Waals surface area contributed by atoms with E-state index in [-0.39, 0.29) is 31.6 Å². The smallest absolute Gasteiger partial charge is 0.410 e. The first-order valence-corrected chi connectivity index (χ1v) is 9.05. The molecule has 0 aromatic carbocycles. The number of alkyl halides is 1. The lowest BCUT2D eigenvalue weighted by Gasteiger charge is -2.36. The molecule has 1 aliphatic heterocycles. The van der Waals surface area contributed by atoms with Gasteiger partial charge in [0, 0.05) is 25.9 Å². The maximum atomic E-state index is 14.7. The highest BCUT2D eigenvalue weighted by atomic mass is 19.1. The van der Waals surface area contributed by atoms with E-state index in [1.54, 1.807) is 4.90 Å². The molecule has 148 valence electrons. The molecule has 1 fully saturated rings. The molecule has 25 heavy (non-hydrogen) atoms. The molecule has 0 bridgehead atoms. The lowest BCUT2D eigenvalue weighted by Crippen LogP contribution is -2.48. The highest BCUT2D eigenvalue weighted by molar-refractivity contribution is 5.68. The number of piperidine rings is 1. The Hall–Kier alpha value is -0.920. The average molecular weight is 363 g/mol. The van der Waals surface area contributed by atoms with Crippen LogP contribution in [0.3, 0.4) is 0 Å². The van der Waals surface area contributed by atoms with Crippen molar-refractivity contribution < 1.29 is 28.1 Å². The van der Waals surface area contributed by atoms with E-state index in [9.17, 15) is 9.18 Å². The van der Waals surface area contributed by atoms with Gasteiger partial charge < -0.3 is 23.8 Å². The summed E-state index contributed by atoms with van der Waals surface area (Å²) >= 11 is 0. The molecule has 0 N–H and O–H groups in total. The van der Waals surface area contributed by atoms with Crippen LogP contribution in [0.5, 0.6) is 0 Å². The van der Waals surface area contributed by atoms with Crippen LogP contribution in [0.15, 0.2) is 0 Å². The summed E-state index contributed by atoms with van der Waals surface area (Å²) in [5, 5.41) is 0. The number of rotatable bonds is 9. The van der Waals surface area contributed by atoms with Crippen LogP contribution in [0, 0.1) is 0 Å². The molecule has 1 heterocycles. The fourth-order valence-electron chi connectivity index (χ4n) is 2.38. The Morgan fingerprint density at radius 1 is 1.08 bits per heavy atom. The second kappa shape index (κ2) is 10.3. The molecule has 7 heteroatoms. The molecule has 1 amide bonds. The number of likely N-dealkylation sites (tertiary alicyclic amines) is 1. The number of carbonyl (C=O) groups excluding carboxylic acids is 1. The summed E-state index contributed by atoms with van der Waals surface area (Å²) in [6.45, 7) is 11.9. The van der Waals surface area contributed by atoms with E-state index in [1.807, 2.05) is 34.6 Å². The van der Waals surface area contributed by atoms with E-state index in [2.05, 4.69) is 0 Å². The molecular formula is C18H34FNO5. The monoisotopic (exact) mass is 363 g/mol. The first kappa shape index (κ1) is 22.1. The van der Waals surface area contributed by atoms with Crippen LogP contribution in [0.25, 0.3) is 0 Å². The minimum absolute atomic E-state index is 0.0288. The van der Waals surface area contributed by atoms with Crippen molar-refractivity contribution in [3.8, 4) is 0 Å². The Kier molecular flexibility index (Phi) is 9.10. The molecule has 0 spiro atoms. The van der Waals surface area contributed by atoms with Gasteiger partial charge in [-0.1, -0.05) is 0 Å². The summed E-state index contributed by atoms with van der Waals surface area (Å²) in [4.78, 5) is 13.5. The van der Waals surface area contributed by atoms with Gasteiger partial charge in [-0.3, -0.25) is 0 Å². The minimum atomic E-state index is -1.39. The first-order chi connectivity index (χ1) is 11.6. The van der Waals surface area contributed by atoms with Crippen LogP contribution in [-0.2, 0) is 18.9 Å². The third-order valence-electron chi connectivity index (χ3n) is 3.72. The summed E-state index contributed by atoms with van der Waals surface area (Å²) in [5.41, 5.74) is -1.93. The van der Waals surface area contributed by atoms with Crippen LogP contribution >= 0.6 is 0 Å². The topological polar surface area (TPSA) is 57.2 Å². The second-order valence-corrected chi connectivity index (χ2v) is 7.70. The Balaban J connectivity index is 2.13. The number of carbonyl (C=O) groups is 1. The summed E-state index contributed by atoms with van der Waals surface area (Å²) in [6.07, 6.45) is 0.329. The van der Waals surface area contributed by atoms with Gasteiger partial charge in [0.1, 0.15) is 11.3 Å². The van der Waals surface area contributed by atoms with Crippen molar-refractivity contribution in [1.82, 2.24) is 4.90 Å². The lowest BCUT2D eigenvalue weighted by molar-refractivity contribution is -0.0495. The molecule has 0 aliphatic carbocycles. The molecule has 0 saturated carbocycles. The molecule has 1 aliphatic rings. The van der Waals surface area contributed by atoms with Gasteiger partial charge in [0.15, 0.2) is 0 Å². The standard InChI is InChI=1S/C18H34FNO5/c1-15(2)24-13-12-22-10-11-23-14-18(19)6-8-20(9-7-18)16(21)25-17(3,4)5/h15H,6-14H2,1-5H3. The van der Waals surface area contributed by atoms with Gasteiger partial charge in [-0.15, -0.1) is 0 Å². The maximum absolute atomic E-state index is 14.7. The number of nitrogens with zero attached hydrogens (tertiary/aromatic N) is 1. The summed E-state index contributed by atoms with van der Waals surface area (Å²) < 4.78 is 36.1. The van der Waals surface area contributed by atoms with Crippen molar-refractivity contribution in [3.05, 3.63) is 0 Å². The molecule has 6 nitrogen and oxygen atoms in total. The quantitative estimate of drug-likeness (QED) is 0.589. The first-order valence-electron chi connectivity index (χ1n) is 9.05. The predicted octanol–water partition coefficient (Wildman–Crippen LogP) is 3.18. The predicted molar refractivity (Wildman–Crippen MR) is 93.6 cm³/mol. The number of halogens is 1. The highest BCUT2D eigenvalue weighted by Gasteiger charge is 2.37. The van der Waals surface area contributed by atoms with Crippen LogP contribution < -0.4 is 0 Å². The van der Waals surface area contributed by atoms with E-state index in [1.165, 1.54) is 0 Å². The second-order valence-electron chi connectivity index (χ2n) is 7.70. The van der Waals surface area contributed by atoms with Crippen molar-refractivity contribution in [3.63, 3.8) is 0 Å². The molecule has 0 radical (unpaired) electrons. The number of amides is 1. The Morgan fingerprint density at radius 2 is 1.64 bits per heavy atom. The highest BCUT2D eigenvalue weighted by Crippen LogP contribution is 2.27. The summed E-state index contributed by atoms with van der Waals surface area (Å²) in [5.74, 6) is 0. The van der Waals surface area contributed by atoms with Gasteiger partial charge in [-0.05, 0) is 34.6 Å². The molecule has 1 saturated heterocycles.